The third-order valence-electron chi connectivity index (χ3n) is 16.0. The van der Waals surface area contributed by atoms with Gasteiger partial charge in [0.15, 0.2) is 11.5 Å². The van der Waals surface area contributed by atoms with Crippen LogP contribution in [0.1, 0.15) is 84.8 Å². The Morgan fingerprint density at radius 2 is 0.452 bits per heavy atom. The van der Waals surface area contributed by atoms with E-state index >= 15 is 0 Å². The summed E-state index contributed by atoms with van der Waals surface area (Å²) in [6.07, 6.45) is -38.7. The monoisotopic (exact) mass is 1770 g/mol. The van der Waals surface area contributed by atoms with Crippen molar-refractivity contribution < 1.29 is 236 Å². The van der Waals surface area contributed by atoms with Crippen LogP contribution in [-0.4, -0.2) is 158 Å². The SMILES string of the molecule is COC(=O)c1cc(OCc2ccc(OCCCCC(F)(F)C(F)(F)C(F)(F)C(F)(F)C(F)(F)C(F)(F)C(F)(F)F)cc2)c(OCc2ccc(OCCCCC(F)(F)C(F)(F)C(F)(F)C(F)(F)C(F)(F)C(F)(F)C(F)(F)F)cc2)c(OCc2ccc(OCCCCC(F)(F)C(F)(F)C(F)(F)C(F)(F)C(F)(F)C(F)(F)C(F)(F)F)cc2)c1. The van der Waals surface area contributed by atoms with Crippen molar-refractivity contribution in [2.45, 2.75) is 203 Å². The average molecular weight is 1770 g/mol. The highest BCUT2D eigenvalue weighted by atomic mass is 19.5. The minimum atomic E-state index is -8.52. The van der Waals surface area contributed by atoms with Crippen molar-refractivity contribution in [2.24, 2.45) is 0 Å². The molecule has 658 valence electrons. The second-order valence-corrected chi connectivity index (χ2v) is 24.2. The molecule has 0 heterocycles. The highest BCUT2D eigenvalue weighted by Crippen LogP contribution is 2.67. The topological polar surface area (TPSA) is 81.7 Å². The molecule has 0 amide bonds. The molecule has 0 aliphatic rings. The molecule has 4 aromatic carbocycles. The van der Waals surface area contributed by atoms with E-state index in [2.05, 4.69) is 0 Å². The number of esters is 1. The fraction of sp³-hybridized carbons (Fsp3) is 0.597. The van der Waals surface area contributed by atoms with Crippen molar-refractivity contribution in [3.05, 3.63) is 107 Å². The van der Waals surface area contributed by atoms with Crippen LogP contribution in [0.25, 0.3) is 0 Å². The lowest BCUT2D eigenvalue weighted by Gasteiger charge is -2.41. The number of benzene rings is 4. The third kappa shape index (κ3) is 18.6. The van der Waals surface area contributed by atoms with Crippen LogP contribution in [0.4, 0.5) is 198 Å². The first-order valence-electron chi connectivity index (χ1n) is 30.8. The average Bonchev–Trinajstić information content (AvgIpc) is 0.712. The molecule has 0 bridgehead atoms. The van der Waals surface area contributed by atoms with Gasteiger partial charge in [0, 0.05) is 19.3 Å². The Morgan fingerprint density at radius 1 is 0.252 bits per heavy atom. The van der Waals surface area contributed by atoms with Crippen LogP contribution in [0.5, 0.6) is 34.5 Å². The van der Waals surface area contributed by atoms with E-state index < -0.39 is 251 Å². The van der Waals surface area contributed by atoms with Crippen LogP contribution in [0.15, 0.2) is 84.9 Å². The van der Waals surface area contributed by atoms with Gasteiger partial charge in [-0.05, 0) is 104 Å². The number of unbranched alkanes of at least 4 members (excludes halogenated alkanes) is 3. The molecule has 4 aromatic rings. The molecule has 0 aliphatic carbocycles. The largest absolute Gasteiger partial charge is 0.494 e. The summed E-state index contributed by atoms with van der Waals surface area (Å²) in [4.78, 5) is 13.0. The molecule has 0 fully saturated rings. The van der Waals surface area contributed by atoms with Gasteiger partial charge in [-0.15, -0.1) is 0 Å². The van der Waals surface area contributed by atoms with E-state index in [-0.39, 0.29) is 33.9 Å². The van der Waals surface area contributed by atoms with E-state index in [0.717, 1.165) is 92.0 Å². The van der Waals surface area contributed by atoms with Gasteiger partial charge in [-0.3, -0.25) is 0 Å². The van der Waals surface area contributed by atoms with E-state index in [9.17, 15) is 202 Å². The maximum atomic E-state index is 14.4. The van der Waals surface area contributed by atoms with Gasteiger partial charge < -0.3 is 33.2 Å². The number of rotatable bonds is 43. The molecule has 0 saturated carbocycles. The number of carbonyl (C=O) groups is 1. The summed E-state index contributed by atoms with van der Waals surface area (Å²) in [7, 11) is 0.839. The van der Waals surface area contributed by atoms with Gasteiger partial charge in [0.2, 0.25) is 5.75 Å². The number of halogens is 45. The summed E-state index contributed by atoms with van der Waals surface area (Å²) in [5.41, 5.74) is -0.305. The first-order valence-corrected chi connectivity index (χ1v) is 30.8. The maximum Gasteiger partial charge on any atom is 0.460 e. The van der Waals surface area contributed by atoms with E-state index in [4.69, 9.17) is 33.2 Å². The fourth-order valence-corrected chi connectivity index (χ4v) is 9.08. The zero-order valence-corrected chi connectivity index (χ0v) is 56.0. The van der Waals surface area contributed by atoms with Crippen LogP contribution in [0, 0.1) is 0 Å². The number of alkyl halides is 45. The summed E-state index contributed by atoms with van der Waals surface area (Å²) in [6.45, 7) is -4.65. The second kappa shape index (κ2) is 33.4. The predicted molar refractivity (Wildman–Crippen MR) is 295 cm³/mol. The number of hydrogen-bond acceptors (Lipinski definition) is 8. The molecule has 115 heavy (non-hydrogen) atoms. The van der Waals surface area contributed by atoms with Crippen LogP contribution in [-0.2, 0) is 24.6 Å². The van der Waals surface area contributed by atoms with Crippen molar-refractivity contribution >= 4 is 5.97 Å². The number of methoxy groups -OCH3 is 1. The first-order chi connectivity index (χ1) is 51.5. The van der Waals surface area contributed by atoms with Crippen molar-refractivity contribution in [2.75, 3.05) is 26.9 Å². The molecule has 0 radical (unpaired) electrons. The van der Waals surface area contributed by atoms with Gasteiger partial charge in [-0.1, -0.05) is 36.4 Å². The number of ether oxygens (including phenoxy) is 7. The molecule has 0 atom stereocenters. The van der Waals surface area contributed by atoms with Gasteiger partial charge in [0.25, 0.3) is 0 Å². The lowest BCUT2D eigenvalue weighted by atomic mass is 9.89. The van der Waals surface area contributed by atoms with E-state index in [1.165, 1.54) is 0 Å². The van der Waals surface area contributed by atoms with Gasteiger partial charge >= 0.3 is 131 Å². The second-order valence-electron chi connectivity index (χ2n) is 24.2. The molecule has 53 heteroatoms. The summed E-state index contributed by atoms with van der Waals surface area (Å²) >= 11 is 0. The third-order valence-corrected chi connectivity index (χ3v) is 16.0. The molecule has 0 unspecified atom stereocenters. The fourth-order valence-electron chi connectivity index (χ4n) is 9.08. The van der Waals surface area contributed by atoms with Gasteiger partial charge in [-0.25, -0.2) is 4.79 Å². The molecule has 0 saturated heterocycles. The molecular weight excluding hydrogens is 1730 g/mol. The lowest BCUT2D eigenvalue weighted by Crippen LogP contribution is -2.72. The summed E-state index contributed by atoms with van der Waals surface area (Å²) in [5, 5.41) is 0. The molecule has 0 spiro atoms. The van der Waals surface area contributed by atoms with Gasteiger partial charge in [-0.2, -0.15) is 198 Å². The van der Waals surface area contributed by atoms with Crippen molar-refractivity contribution in [1.82, 2.24) is 0 Å². The Kier molecular flexibility index (Phi) is 28.9. The van der Waals surface area contributed by atoms with Gasteiger partial charge in [0.05, 0.1) is 32.5 Å². The Morgan fingerprint density at radius 3 is 0.661 bits per heavy atom. The zero-order chi connectivity index (χ0) is 89.3. The number of hydrogen-bond donors (Lipinski definition) is 0. The molecule has 8 nitrogen and oxygen atoms in total. The highest BCUT2D eigenvalue weighted by Gasteiger charge is 2.96. The lowest BCUT2D eigenvalue weighted by molar-refractivity contribution is -0.452. The first kappa shape index (κ1) is 99.4. The molecule has 0 aliphatic heterocycles. The number of carbonyl (C=O) groups excluding carboxylic acids is 1. The molecule has 0 aromatic heterocycles. The van der Waals surface area contributed by atoms with E-state index in [1.54, 1.807) is 0 Å². The van der Waals surface area contributed by atoms with Crippen LogP contribution in [0.2, 0.25) is 0 Å². The van der Waals surface area contributed by atoms with Gasteiger partial charge in [0.1, 0.15) is 37.1 Å². The predicted octanol–water partition coefficient (Wildman–Crippen LogP) is 24.0. The minimum Gasteiger partial charge on any atom is -0.494 e. The molecule has 4 rings (SSSR count). The quantitative estimate of drug-likeness (QED) is 0.0246. The van der Waals surface area contributed by atoms with Crippen molar-refractivity contribution in [1.29, 1.82) is 0 Å². The van der Waals surface area contributed by atoms with Crippen molar-refractivity contribution in [3.8, 4) is 34.5 Å². The Balaban J connectivity index is 1.55. The Labute approximate surface area is 612 Å². The maximum absolute atomic E-state index is 14.4. The smallest absolute Gasteiger partial charge is 0.460 e. The standard InChI is InChI=1S/C62H47F45O8/c1-109-41(108)34-26-38(113-28-31-8-14-35(15-9-31)110-23-5-2-20-42(63,64)45(69,70)48(75,76)51(81,82)54(87,88)57(93,94)60(99,100)101)40(115-30-33-12-18-37(19-13-33)112-25-7-4-22-44(67,68)47(73,74)50(79,80)53(85,86)56(91,92)59(97,98)62(105,106)107)39(27-34)114-29-32-10-16-36(17-11-32)111-24-6-3-21-43(65,66)46(71,72)49(77,78)52(83,84)55(89,90)58(95,96)61(102,103)104/h8-19,26-27H,2-7,20-25,28-30H2,1H3. The van der Waals surface area contributed by atoms with E-state index in [0.29, 0.717) is 0 Å². The zero-order valence-electron chi connectivity index (χ0n) is 56.0. The van der Waals surface area contributed by atoms with Crippen LogP contribution < -0.4 is 28.4 Å². The van der Waals surface area contributed by atoms with Crippen LogP contribution in [0.3, 0.4) is 0 Å². The van der Waals surface area contributed by atoms with Crippen molar-refractivity contribution in [3.63, 3.8) is 0 Å². The molecular formula is C62H47F45O8. The summed E-state index contributed by atoms with van der Waals surface area (Å²) in [6, 6.07) is 14.7. The normalized spacial score (nSPS) is 14.7. The van der Waals surface area contributed by atoms with E-state index in [1.807, 2.05) is 0 Å². The Hall–Kier alpha value is -8.00. The van der Waals surface area contributed by atoms with Crippen LogP contribution >= 0.6 is 0 Å². The highest BCUT2D eigenvalue weighted by molar-refractivity contribution is 5.91. The summed E-state index contributed by atoms with van der Waals surface area (Å²) < 4.78 is 651. The minimum absolute atomic E-state index is 0.0436. The summed E-state index contributed by atoms with van der Waals surface area (Å²) in [5.74, 6) is -147. The Bertz CT molecular complexity index is 3680. The molecule has 0 N–H and O–H groups in total.